The van der Waals surface area contributed by atoms with Crippen LogP contribution in [0, 0.1) is 13.8 Å². The van der Waals surface area contributed by atoms with E-state index in [0.717, 1.165) is 24.9 Å². The average molecular weight is 543 g/mol. The molecule has 0 fully saturated rings. The molecule has 1 atom stereocenters. The highest BCUT2D eigenvalue weighted by Gasteiger charge is 2.27. The van der Waals surface area contributed by atoms with Crippen molar-refractivity contribution in [3.8, 4) is 5.75 Å². The van der Waals surface area contributed by atoms with Crippen LogP contribution in [0.3, 0.4) is 0 Å². The Morgan fingerprint density at radius 3 is 2.39 bits per heavy atom. The largest absolute Gasteiger partial charge is 0.497 e. The van der Waals surface area contributed by atoms with E-state index in [1.807, 2.05) is 0 Å². The lowest BCUT2D eigenvalue weighted by Gasteiger charge is -2.22. The Balaban J connectivity index is 1.49. The molecule has 1 N–H and O–H groups in total. The number of ether oxygens (including phenoxy) is 2. The summed E-state index contributed by atoms with van der Waals surface area (Å²) >= 11 is 0. The molecule has 0 radical (unpaired) electrons. The fourth-order valence-corrected chi connectivity index (χ4v) is 6.62. The molecule has 0 saturated carbocycles. The van der Waals surface area contributed by atoms with E-state index in [1.165, 1.54) is 23.3 Å². The number of hydrogen-bond donors (Lipinski definition) is 1. The van der Waals surface area contributed by atoms with Crippen molar-refractivity contribution in [3.05, 3.63) is 64.2 Å². The number of carbonyl (C=O) groups is 1. The Morgan fingerprint density at radius 2 is 1.79 bits per heavy atom. The van der Waals surface area contributed by atoms with E-state index in [4.69, 9.17) is 9.47 Å². The third-order valence-electron chi connectivity index (χ3n) is 7.12. The Hall–Kier alpha value is -2.84. The van der Waals surface area contributed by atoms with E-state index >= 15 is 0 Å². The molecule has 38 heavy (non-hydrogen) atoms. The van der Waals surface area contributed by atoms with Crippen LogP contribution in [0.4, 0.5) is 0 Å². The first-order chi connectivity index (χ1) is 18.1. The number of carbonyl (C=O) groups excluding carboxylic acids is 1. The van der Waals surface area contributed by atoms with Gasteiger partial charge in [-0.15, -0.1) is 0 Å². The van der Waals surface area contributed by atoms with Crippen molar-refractivity contribution >= 4 is 21.4 Å². The summed E-state index contributed by atoms with van der Waals surface area (Å²) in [4.78, 5) is 14.7. The van der Waals surface area contributed by atoms with Gasteiger partial charge in [0.15, 0.2) is 9.84 Å². The lowest BCUT2D eigenvalue weighted by Crippen LogP contribution is -2.29. The first kappa shape index (κ1) is 29.7. The van der Waals surface area contributed by atoms with Gasteiger partial charge in [0.05, 0.1) is 36.9 Å². The number of benzene rings is 2. The van der Waals surface area contributed by atoms with Crippen LogP contribution >= 0.6 is 0 Å². The van der Waals surface area contributed by atoms with E-state index in [9.17, 15) is 13.2 Å². The van der Waals surface area contributed by atoms with E-state index in [0.29, 0.717) is 28.3 Å². The molecule has 0 spiro atoms. The fraction of sp³-hybridized carbons (Fsp3) is 0.500. The molecule has 1 heterocycles. The molecule has 1 unspecified atom stereocenters. The summed E-state index contributed by atoms with van der Waals surface area (Å²) in [5.74, 6) is 0.585. The van der Waals surface area contributed by atoms with Gasteiger partial charge in [-0.05, 0) is 80.0 Å². The zero-order chi connectivity index (χ0) is 27.9. The first-order valence-electron chi connectivity index (χ1n) is 13.3. The number of aryl methyl sites for hydroxylation is 2. The second kappa shape index (κ2) is 13.3. The fourth-order valence-electron chi connectivity index (χ4n) is 4.93. The standard InChI is InChI=1S/C30H42N2O5S/c1-7-25-9-8-15-31-29(25)26-12-10-24(11-13-26)19-32(5)28(33)14-16-37-20-23(4)38(34,35)30-21(2)17-27(36-6)18-22(30)3/h10-13,17-18,23,31H,7-9,14-16,19-20H2,1-6H3. The van der Waals surface area contributed by atoms with Gasteiger partial charge in [0.2, 0.25) is 5.91 Å². The molecule has 0 aromatic heterocycles. The van der Waals surface area contributed by atoms with Crippen LogP contribution in [0.25, 0.3) is 5.70 Å². The van der Waals surface area contributed by atoms with Gasteiger partial charge >= 0.3 is 0 Å². The van der Waals surface area contributed by atoms with Crippen molar-refractivity contribution in [1.82, 2.24) is 10.2 Å². The van der Waals surface area contributed by atoms with Crippen LogP contribution in [-0.2, 0) is 25.9 Å². The smallest absolute Gasteiger partial charge is 0.224 e. The Labute approximate surface area is 228 Å². The van der Waals surface area contributed by atoms with Crippen molar-refractivity contribution in [2.45, 2.75) is 70.1 Å². The summed E-state index contributed by atoms with van der Waals surface area (Å²) in [6.07, 6.45) is 3.57. The van der Waals surface area contributed by atoms with Gasteiger partial charge in [-0.1, -0.05) is 31.2 Å². The molecule has 1 amide bonds. The minimum Gasteiger partial charge on any atom is -0.497 e. The topological polar surface area (TPSA) is 84.9 Å². The zero-order valence-electron chi connectivity index (χ0n) is 23.6. The van der Waals surface area contributed by atoms with Crippen molar-refractivity contribution < 1.29 is 22.7 Å². The number of amides is 1. The number of nitrogens with one attached hydrogen (secondary N) is 1. The summed E-state index contributed by atoms with van der Waals surface area (Å²) in [7, 11) is -0.249. The quantitative estimate of drug-likeness (QED) is 0.378. The predicted octanol–water partition coefficient (Wildman–Crippen LogP) is 5.04. The molecule has 7 nitrogen and oxygen atoms in total. The Bertz CT molecular complexity index is 1230. The van der Waals surface area contributed by atoms with E-state index in [-0.39, 0.29) is 25.5 Å². The summed E-state index contributed by atoms with van der Waals surface area (Å²) in [6, 6.07) is 11.8. The van der Waals surface area contributed by atoms with E-state index in [1.54, 1.807) is 52.0 Å². The molecule has 0 aliphatic carbocycles. The van der Waals surface area contributed by atoms with Crippen molar-refractivity contribution in [3.63, 3.8) is 0 Å². The minimum absolute atomic E-state index is 0.0231. The molecule has 208 valence electrons. The van der Waals surface area contributed by atoms with Gasteiger partial charge in [-0.3, -0.25) is 4.79 Å². The Kier molecular flexibility index (Phi) is 10.4. The molecule has 1 aliphatic rings. The van der Waals surface area contributed by atoms with Crippen LogP contribution in [0.5, 0.6) is 5.75 Å². The van der Waals surface area contributed by atoms with Crippen LogP contribution < -0.4 is 10.1 Å². The van der Waals surface area contributed by atoms with E-state index < -0.39 is 15.1 Å². The van der Waals surface area contributed by atoms with Crippen molar-refractivity contribution in [1.29, 1.82) is 0 Å². The lowest BCUT2D eigenvalue weighted by atomic mass is 9.96. The summed E-state index contributed by atoms with van der Waals surface area (Å²) in [5, 5.41) is 2.80. The maximum Gasteiger partial charge on any atom is 0.224 e. The molecule has 0 bridgehead atoms. The van der Waals surface area contributed by atoms with Gasteiger partial charge in [-0.25, -0.2) is 8.42 Å². The zero-order valence-corrected chi connectivity index (χ0v) is 24.4. The van der Waals surface area contributed by atoms with Gasteiger partial charge in [0.1, 0.15) is 5.75 Å². The third-order valence-corrected chi connectivity index (χ3v) is 9.53. The number of rotatable bonds is 12. The van der Waals surface area contributed by atoms with Crippen molar-refractivity contribution in [2.24, 2.45) is 0 Å². The summed E-state index contributed by atoms with van der Waals surface area (Å²) in [6.45, 7) is 9.08. The van der Waals surface area contributed by atoms with Gasteiger partial charge in [0.25, 0.3) is 0 Å². The SMILES string of the molecule is CCC1=C(c2ccc(CN(C)C(=O)CCOCC(C)S(=O)(=O)c3c(C)cc(OC)cc3C)cc2)NCCC1. The maximum atomic E-state index is 13.2. The number of nitrogens with zero attached hydrogens (tertiary/aromatic N) is 1. The third kappa shape index (κ3) is 7.17. The van der Waals surface area contributed by atoms with Crippen LogP contribution in [0.2, 0.25) is 0 Å². The highest BCUT2D eigenvalue weighted by atomic mass is 32.2. The lowest BCUT2D eigenvalue weighted by molar-refractivity contribution is -0.131. The number of sulfone groups is 1. The van der Waals surface area contributed by atoms with Crippen LogP contribution in [0.15, 0.2) is 46.9 Å². The molecular weight excluding hydrogens is 500 g/mol. The normalized spacial score (nSPS) is 14.7. The summed E-state index contributed by atoms with van der Waals surface area (Å²) < 4.78 is 37.2. The molecule has 1 aliphatic heterocycles. The molecule has 3 rings (SSSR count). The molecule has 8 heteroatoms. The predicted molar refractivity (Wildman–Crippen MR) is 152 cm³/mol. The molecule has 2 aromatic carbocycles. The Morgan fingerprint density at radius 1 is 1.13 bits per heavy atom. The monoisotopic (exact) mass is 542 g/mol. The van der Waals surface area contributed by atoms with Crippen LogP contribution in [-0.4, -0.2) is 58.4 Å². The average Bonchev–Trinajstić information content (AvgIpc) is 2.90. The molecule has 2 aromatic rings. The second-order valence-corrected chi connectivity index (χ2v) is 12.4. The van der Waals surface area contributed by atoms with Gasteiger partial charge in [0, 0.05) is 25.8 Å². The summed E-state index contributed by atoms with van der Waals surface area (Å²) in [5.41, 5.74) is 6.27. The minimum atomic E-state index is -3.58. The van der Waals surface area contributed by atoms with Gasteiger partial charge in [-0.2, -0.15) is 0 Å². The van der Waals surface area contributed by atoms with Crippen molar-refractivity contribution in [2.75, 3.05) is 33.9 Å². The van der Waals surface area contributed by atoms with Gasteiger partial charge < -0.3 is 19.7 Å². The first-order valence-corrected chi connectivity index (χ1v) is 14.9. The second-order valence-electron chi connectivity index (χ2n) is 10.1. The number of methoxy groups -OCH3 is 1. The van der Waals surface area contributed by atoms with Crippen LogP contribution in [0.1, 0.15) is 61.8 Å². The highest BCUT2D eigenvalue weighted by Crippen LogP contribution is 2.29. The molecule has 0 saturated heterocycles. The number of allylic oxidation sites excluding steroid dienone is 1. The highest BCUT2D eigenvalue weighted by molar-refractivity contribution is 7.92. The number of hydrogen-bond acceptors (Lipinski definition) is 6. The maximum absolute atomic E-state index is 13.2. The van der Waals surface area contributed by atoms with E-state index in [2.05, 4.69) is 36.5 Å². The molecular formula is C30H42N2O5S.